The molecule has 0 aliphatic rings. The molecule has 2 aromatic rings. The summed E-state index contributed by atoms with van der Waals surface area (Å²) in [6.07, 6.45) is 0. The van der Waals surface area contributed by atoms with E-state index in [1.807, 2.05) is 25.1 Å². The van der Waals surface area contributed by atoms with Crippen LogP contribution in [-0.2, 0) is 6.54 Å². The number of nitrogens with two attached hydrogens (primary N) is 1. The molecule has 0 fully saturated rings. The summed E-state index contributed by atoms with van der Waals surface area (Å²) in [5, 5.41) is 3.15. The van der Waals surface area contributed by atoms with Crippen LogP contribution in [0.2, 0.25) is 0 Å². The fraction of sp³-hybridized carbons (Fsp3) is 0.143. The predicted molar refractivity (Wildman–Crippen MR) is 69.3 cm³/mol. The van der Waals surface area contributed by atoms with E-state index < -0.39 is 0 Å². The maximum Gasteiger partial charge on any atom is 0.127 e. The van der Waals surface area contributed by atoms with Crippen molar-refractivity contribution in [3.05, 3.63) is 59.4 Å². The topological polar surface area (TPSA) is 38.0 Å². The number of hydrogen-bond acceptors (Lipinski definition) is 2. The second kappa shape index (κ2) is 4.87. The van der Waals surface area contributed by atoms with E-state index in [0.717, 1.165) is 5.56 Å². The SMILES string of the molecule is Cc1cccc(CNc2cc(N)cc(F)c2)c1. The molecule has 2 aromatic carbocycles. The van der Waals surface area contributed by atoms with Gasteiger partial charge in [-0.2, -0.15) is 0 Å². The second-order valence-corrected chi connectivity index (χ2v) is 4.12. The molecule has 0 aliphatic heterocycles. The van der Waals surface area contributed by atoms with Crippen molar-refractivity contribution in [1.82, 2.24) is 0 Å². The minimum absolute atomic E-state index is 0.322. The first-order valence-electron chi connectivity index (χ1n) is 5.49. The third-order valence-electron chi connectivity index (χ3n) is 2.50. The quantitative estimate of drug-likeness (QED) is 0.794. The Morgan fingerprint density at radius 3 is 2.71 bits per heavy atom. The Bertz CT molecular complexity index is 503. The maximum atomic E-state index is 13.1. The summed E-state index contributed by atoms with van der Waals surface area (Å²) in [4.78, 5) is 0. The van der Waals surface area contributed by atoms with Crippen molar-refractivity contribution < 1.29 is 4.39 Å². The molecule has 0 spiro atoms. The standard InChI is InChI=1S/C14H15FN2/c1-10-3-2-4-11(5-10)9-17-14-7-12(15)6-13(16)8-14/h2-8,17H,9,16H2,1H3. The Labute approximate surface area is 100 Å². The summed E-state index contributed by atoms with van der Waals surface area (Å²) >= 11 is 0. The first kappa shape index (κ1) is 11.5. The van der Waals surface area contributed by atoms with Crippen LogP contribution in [0.15, 0.2) is 42.5 Å². The van der Waals surface area contributed by atoms with Crippen molar-refractivity contribution in [3.63, 3.8) is 0 Å². The summed E-state index contributed by atoms with van der Waals surface area (Å²) in [6, 6.07) is 12.6. The molecular weight excluding hydrogens is 215 g/mol. The van der Waals surface area contributed by atoms with Gasteiger partial charge in [0.2, 0.25) is 0 Å². The van der Waals surface area contributed by atoms with Crippen molar-refractivity contribution in [2.24, 2.45) is 0 Å². The molecule has 0 heterocycles. The predicted octanol–water partition coefficient (Wildman–Crippen LogP) is 3.33. The van der Waals surface area contributed by atoms with Crippen LogP contribution in [0, 0.1) is 12.7 Å². The molecule has 2 nitrogen and oxygen atoms in total. The van der Waals surface area contributed by atoms with E-state index in [2.05, 4.69) is 11.4 Å². The van der Waals surface area contributed by atoms with Gasteiger partial charge >= 0.3 is 0 Å². The molecule has 2 rings (SSSR count). The zero-order valence-electron chi connectivity index (χ0n) is 9.70. The molecule has 17 heavy (non-hydrogen) atoms. The summed E-state index contributed by atoms with van der Waals surface area (Å²) in [7, 11) is 0. The maximum absolute atomic E-state index is 13.1. The molecule has 0 bridgehead atoms. The lowest BCUT2D eigenvalue weighted by Gasteiger charge is -2.08. The van der Waals surface area contributed by atoms with Crippen molar-refractivity contribution in [2.45, 2.75) is 13.5 Å². The average Bonchev–Trinajstić information content (AvgIpc) is 2.25. The van der Waals surface area contributed by atoms with E-state index in [4.69, 9.17) is 5.73 Å². The zero-order valence-corrected chi connectivity index (χ0v) is 9.70. The fourth-order valence-electron chi connectivity index (χ4n) is 1.74. The molecule has 0 saturated carbocycles. The van der Waals surface area contributed by atoms with Gasteiger partial charge < -0.3 is 11.1 Å². The molecular formula is C14H15FN2. The van der Waals surface area contributed by atoms with Gasteiger partial charge in [0.05, 0.1) is 0 Å². The van der Waals surface area contributed by atoms with Gasteiger partial charge in [-0.25, -0.2) is 4.39 Å². The Kier molecular flexibility index (Phi) is 3.28. The Morgan fingerprint density at radius 2 is 2.00 bits per heavy atom. The third-order valence-corrected chi connectivity index (χ3v) is 2.50. The van der Waals surface area contributed by atoms with Crippen LogP contribution in [-0.4, -0.2) is 0 Å². The minimum atomic E-state index is -0.322. The number of anilines is 2. The minimum Gasteiger partial charge on any atom is -0.399 e. The normalized spacial score (nSPS) is 10.2. The number of hydrogen-bond donors (Lipinski definition) is 2. The number of nitrogens with one attached hydrogen (secondary N) is 1. The number of rotatable bonds is 3. The molecule has 0 saturated heterocycles. The zero-order chi connectivity index (χ0) is 12.3. The van der Waals surface area contributed by atoms with Crippen molar-refractivity contribution in [3.8, 4) is 0 Å². The highest BCUT2D eigenvalue weighted by Crippen LogP contribution is 2.16. The molecule has 0 aliphatic carbocycles. The van der Waals surface area contributed by atoms with Gasteiger partial charge in [0, 0.05) is 17.9 Å². The largest absolute Gasteiger partial charge is 0.399 e. The molecule has 0 amide bonds. The molecule has 3 N–H and O–H groups in total. The lowest BCUT2D eigenvalue weighted by molar-refractivity contribution is 0.629. The van der Waals surface area contributed by atoms with Gasteiger partial charge in [0.1, 0.15) is 5.82 Å². The Morgan fingerprint density at radius 1 is 1.18 bits per heavy atom. The highest BCUT2D eigenvalue weighted by molar-refractivity contribution is 5.54. The highest BCUT2D eigenvalue weighted by Gasteiger charge is 1.98. The van der Waals surface area contributed by atoms with Crippen LogP contribution in [0.3, 0.4) is 0 Å². The number of halogens is 1. The lowest BCUT2D eigenvalue weighted by Crippen LogP contribution is -2.00. The lowest BCUT2D eigenvalue weighted by atomic mass is 10.1. The van der Waals surface area contributed by atoms with E-state index in [-0.39, 0.29) is 5.82 Å². The Balaban J connectivity index is 2.07. The first-order valence-corrected chi connectivity index (χ1v) is 5.49. The summed E-state index contributed by atoms with van der Waals surface area (Å²) in [5.41, 5.74) is 9.07. The smallest absolute Gasteiger partial charge is 0.127 e. The highest BCUT2D eigenvalue weighted by atomic mass is 19.1. The van der Waals surface area contributed by atoms with Crippen LogP contribution >= 0.6 is 0 Å². The number of nitrogen functional groups attached to an aromatic ring is 1. The van der Waals surface area contributed by atoms with Crippen LogP contribution in [0.4, 0.5) is 15.8 Å². The molecule has 0 atom stereocenters. The third kappa shape index (κ3) is 3.21. The molecule has 0 radical (unpaired) electrons. The van der Waals surface area contributed by atoms with Crippen LogP contribution in [0.25, 0.3) is 0 Å². The van der Waals surface area contributed by atoms with Crippen molar-refractivity contribution in [2.75, 3.05) is 11.1 Å². The van der Waals surface area contributed by atoms with Gasteiger partial charge in [-0.15, -0.1) is 0 Å². The van der Waals surface area contributed by atoms with Gasteiger partial charge in [0.25, 0.3) is 0 Å². The molecule has 3 heteroatoms. The van der Waals surface area contributed by atoms with Gasteiger partial charge in [-0.1, -0.05) is 29.8 Å². The fourth-order valence-corrected chi connectivity index (χ4v) is 1.74. The van der Waals surface area contributed by atoms with Gasteiger partial charge in [-0.3, -0.25) is 0 Å². The number of aryl methyl sites for hydroxylation is 1. The Hall–Kier alpha value is -2.03. The van der Waals surface area contributed by atoms with Gasteiger partial charge in [-0.05, 0) is 30.7 Å². The average molecular weight is 230 g/mol. The summed E-state index contributed by atoms with van der Waals surface area (Å²) in [6.45, 7) is 2.70. The number of benzene rings is 2. The molecule has 0 aromatic heterocycles. The summed E-state index contributed by atoms with van der Waals surface area (Å²) < 4.78 is 13.1. The van der Waals surface area contributed by atoms with E-state index in [1.165, 1.54) is 17.7 Å². The van der Waals surface area contributed by atoms with E-state index in [0.29, 0.717) is 17.9 Å². The second-order valence-electron chi connectivity index (χ2n) is 4.12. The van der Waals surface area contributed by atoms with Crippen LogP contribution in [0.1, 0.15) is 11.1 Å². The monoisotopic (exact) mass is 230 g/mol. The van der Waals surface area contributed by atoms with Crippen LogP contribution in [0.5, 0.6) is 0 Å². The van der Waals surface area contributed by atoms with Crippen molar-refractivity contribution in [1.29, 1.82) is 0 Å². The molecule has 0 unspecified atom stereocenters. The van der Waals surface area contributed by atoms with Gasteiger partial charge in [0.15, 0.2) is 0 Å². The first-order chi connectivity index (χ1) is 8.13. The van der Waals surface area contributed by atoms with E-state index in [9.17, 15) is 4.39 Å². The summed E-state index contributed by atoms with van der Waals surface area (Å²) in [5.74, 6) is -0.322. The van der Waals surface area contributed by atoms with Crippen molar-refractivity contribution >= 4 is 11.4 Å². The van der Waals surface area contributed by atoms with Crippen LogP contribution < -0.4 is 11.1 Å². The van der Waals surface area contributed by atoms with E-state index >= 15 is 0 Å². The molecule has 88 valence electrons. The van der Waals surface area contributed by atoms with E-state index in [1.54, 1.807) is 6.07 Å².